The predicted octanol–water partition coefficient (Wildman–Crippen LogP) is 4.71. The minimum atomic E-state index is -3.36. The zero-order valence-electron chi connectivity index (χ0n) is 15.0. The highest BCUT2D eigenvalue weighted by molar-refractivity contribution is 7.93. The number of sulfone groups is 1. The van der Waals surface area contributed by atoms with Crippen molar-refractivity contribution >= 4 is 32.1 Å². The number of pyridine rings is 1. The van der Waals surface area contributed by atoms with Crippen LogP contribution in [0.4, 0.5) is 0 Å². The standard InChI is InChI=1S/C23H17NO2S2/c25-28(26,17-15-19-14-16-24-22-9-5-4-8-21(19)22)23-13-12-20(27-23)11-10-18-6-2-1-3-7-18/h1-9,12-14,16H,15,17H2. The molecule has 0 atom stereocenters. The highest BCUT2D eigenvalue weighted by atomic mass is 32.2. The average Bonchev–Trinajstić information content (AvgIpc) is 3.22. The highest BCUT2D eigenvalue weighted by Gasteiger charge is 2.17. The number of nitrogens with zero attached hydrogens (tertiary/aromatic N) is 1. The molecule has 5 heteroatoms. The minimum Gasteiger partial charge on any atom is -0.256 e. The Bertz CT molecular complexity index is 1270. The van der Waals surface area contributed by atoms with Gasteiger partial charge < -0.3 is 0 Å². The largest absolute Gasteiger partial charge is 0.256 e. The van der Waals surface area contributed by atoms with E-state index in [9.17, 15) is 8.42 Å². The number of hydrogen-bond donors (Lipinski definition) is 0. The zero-order chi connectivity index (χ0) is 19.4. The van der Waals surface area contributed by atoms with E-state index in [1.165, 1.54) is 11.3 Å². The topological polar surface area (TPSA) is 47.0 Å². The molecule has 4 rings (SSSR count). The number of aryl methyl sites for hydroxylation is 1. The van der Waals surface area contributed by atoms with Crippen LogP contribution in [0, 0.1) is 11.8 Å². The van der Waals surface area contributed by atoms with E-state index in [-0.39, 0.29) is 5.75 Å². The molecular weight excluding hydrogens is 386 g/mol. The van der Waals surface area contributed by atoms with Gasteiger partial charge in [-0.25, -0.2) is 8.42 Å². The second-order valence-corrected chi connectivity index (χ2v) is 9.71. The first-order chi connectivity index (χ1) is 13.6. The molecule has 0 fully saturated rings. The van der Waals surface area contributed by atoms with E-state index in [2.05, 4.69) is 16.8 Å². The van der Waals surface area contributed by atoms with Crippen molar-refractivity contribution in [1.29, 1.82) is 0 Å². The Labute approximate surface area is 168 Å². The summed E-state index contributed by atoms with van der Waals surface area (Å²) in [5.41, 5.74) is 2.78. The summed E-state index contributed by atoms with van der Waals surface area (Å²) in [4.78, 5) is 5.08. The van der Waals surface area contributed by atoms with Crippen LogP contribution in [0.2, 0.25) is 0 Å². The molecule has 0 saturated carbocycles. The molecule has 0 aliphatic carbocycles. The van der Waals surface area contributed by atoms with Crippen molar-refractivity contribution in [3.05, 3.63) is 95.0 Å². The third-order valence-electron chi connectivity index (χ3n) is 4.37. The zero-order valence-corrected chi connectivity index (χ0v) is 16.6. The Hall–Kier alpha value is -2.94. The van der Waals surface area contributed by atoms with Crippen LogP contribution in [-0.2, 0) is 16.3 Å². The summed E-state index contributed by atoms with van der Waals surface area (Å²) in [7, 11) is -3.36. The van der Waals surface area contributed by atoms with Gasteiger partial charge in [-0.2, -0.15) is 0 Å². The fourth-order valence-electron chi connectivity index (χ4n) is 2.93. The van der Waals surface area contributed by atoms with Crippen molar-refractivity contribution in [3.63, 3.8) is 0 Å². The first kappa shape index (κ1) is 18.4. The van der Waals surface area contributed by atoms with Crippen LogP contribution in [0.15, 0.2) is 83.2 Å². The third-order valence-corrected chi connectivity index (χ3v) is 7.67. The fraction of sp³-hybridized carbons (Fsp3) is 0.0870. The van der Waals surface area contributed by atoms with E-state index in [1.54, 1.807) is 18.3 Å². The SMILES string of the molecule is O=S(=O)(CCc1ccnc2ccccc12)c1ccc(C#Cc2ccccc2)s1. The first-order valence-electron chi connectivity index (χ1n) is 8.84. The Kier molecular flexibility index (Phi) is 5.25. The fourth-order valence-corrected chi connectivity index (χ4v) is 5.51. The van der Waals surface area contributed by atoms with Crippen molar-refractivity contribution in [2.75, 3.05) is 5.75 Å². The third kappa shape index (κ3) is 4.14. The van der Waals surface area contributed by atoms with Gasteiger partial charge in [-0.05, 0) is 48.4 Å². The number of aromatic nitrogens is 1. The van der Waals surface area contributed by atoms with Crippen LogP contribution in [0.3, 0.4) is 0 Å². The summed E-state index contributed by atoms with van der Waals surface area (Å²) in [6.07, 6.45) is 2.18. The molecule has 0 aliphatic heterocycles. The van der Waals surface area contributed by atoms with Gasteiger partial charge >= 0.3 is 0 Å². The van der Waals surface area contributed by atoms with Gasteiger partial charge in [-0.3, -0.25) is 4.98 Å². The summed E-state index contributed by atoms with van der Waals surface area (Å²) in [5, 5.41) is 1.00. The summed E-state index contributed by atoms with van der Waals surface area (Å²) in [6.45, 7) is 0. The quantitative estimate of drug-likeness (QED) is 0.464. The number of benzene rings is 2. The van der Waals surface area contributed by atoms with Gasteiger partial charge in [0.1, 0.15) is 4.21 Å². The van der Waals surface area contributed by atoms with Crippen molar-refractivity contribution in [2.45, 2.75) is 10.6 Å². The molecule has 138 valence electrons. The average molecular weight is 404 g/mol. The Morgan fingerprint density at radius 3 is 2.50 bits per heavy atom. The van der Waals surface area contributed by atoms with Crippen molar-refractivity contribution < 1.29 is 8.42 Å². The van der Waals surface area contributed by atoms with Crippen molar-refractivity contribution in [1.82, 2.24) is 4.98 Å². The van der Waals surface area contributed by atoms with Crippen LogP contribution in [-0.4, -0.2) is 19.2 Å². The lowest BCUT2D eigenvalue weighted by atomic mass is 10.1. The van der Waals surface area contributed by atoms with Gasteiger partial charge in [0.05, 0.1) is 16.1 Å². The molecule has 0 saturated heterocycles. The van der Waals surface area contributed by atoms with Gasteiger partial charge in [-0.1, -0.05) is 48.2 Å². The molecular formula is C23H17NO2S2. The molecule has 2 aromatic carbocycles. The monoisotopic (exact) mass is 403 g/mol. The molecule has 0 spiro atoms. The number of para-hydroxylation sites is 1. The molecule has 0 N–H and O–H groups in total. The maximum atomic E-state index is 12.8. The van der Waals surface area contributed by atoms with Crippen molar-refractivity contribution in [2.24, 2.45) is 0 Å². The first-order valence-corrected chi connectivity index (χ1v) is 11.3. The summed E-state index contributed by atoms with van der Waals surface area (Å²) in [5.74, 6) is 6.17. The molecule has 4 aromatic rings. The van der Waals surface area contributed by atoms with E-state index in [1.807, 2.05) is 60.7 Å². The summed E-state index contributed by atoms with van der Waals surface area (Å²) in [6, 6.07) is 22.8. The molecule has 0 aliphatic rings. The van der Waals surface area contributed by atoms with E-state index >= 15 is 0 Å². The summed E-state index contributed by atoms with van der Waals surface area (Å²) >= 11 is 1.22. The van der Waals surface area contributed by atoms with Crippen molar-refractivity contribution in [3.8, 4) is 11.8 Å². The minimum absolute atomic E-state index is 0.0626. The Morgan fingerprint density at radius 2 is 1.64 bits per heavy atom. The second-order valence-electron chi connectivity index (χ2n) is 6.29. The molecule has 0 bridgehead atoms. The number of thiophene rings is 1. The molecule has 2 aromatic heterocycles. The smallest absolute Gasteiger partial charge is 0.188 e. The number of hydrogen-bond acceptors (Lipinski definition) is 4. The van der Waals surface area contributed by atoms with Gasteiger partial charge in [0, 0.05) is 17.1 Å². The van der Waals surface area contributed by atoms with Crippen LogP contribution < -0.4 is 0 Å². The van der Waals surface area contributed by atoms with E-state index in [4.69, 9.17) is 0 Å². The maximum Gasteiger partial charge on any atom is 0.188 e. The lowest BCUT2D eigenvalue weighted by Gasteiger charge is -2.06. The van der Waals surface area contributed by atoms with Gasteiger partial charge in [0.25, 0.3) is 0 Å². The molecule has 2 heterocycles. The summed E-state index contributed by atoms with van der Waals surface area (Å²) < 4.78 is 25.9. The maximum absolute atomic E-state index is 12.8. The number of fused-ring (bicyclic) bond motifs is 1. The van der Waals surface area contributed by atoms with Gasteiger partial charge in [0.2, 0.25) is 0 Å². The molecule has 0 amide bonds. The van der Waals surface area contributed by atoms with Crippen LogP contribution in [0.25, 0.3) is 10.9 Å². The molecule has 0 radical (unpaired) electrons. The van der Waals surface area contributed by atoms with Gasteiger partial charge in [0.15, 0.2) is 9.84 Å². The van der Waals surface area contributed by atoms with E-state index in [0.29, 0.717) is 10.6 Å². The molecule has 3 nitrogen and oxygen atoms in total. The highest BCUT2D eigenvalue weighted by Crippen LogP contribution is 2.24. The van der Waals surface area contributed by atoms with E-state index < -0.39 is 9.84 Å². The predicted molar refractivity (Wildman–Crippen MR) is 114 cm³/mol. The van der Waals surface area contributed by atoms with Crippen LogP contribution in [0.5, 0.6) is 0 Å². The molecule has 0 unspecified atom stereocenters. The normalized spacial score (nSPS) is 11.1. The Balaban J connectivity index is 1.51. The van der Waals surface area contributed by atoms with Gasteiger partial charge in [-0.15, -0.1) is 11.3 Å². The second kappa shape index (κ2) is 7.97. The van der Waals surface area contributed by atoms with Crippen LogP contribution >= 0.6 is 11.3 Å². The van der Waals surface area contributed by atoms with E-state index in [0.717, 1.165) is 26.9 Å². The van der Waals surface area contributed by atoms with Crippen LogP contribution in [0.1, 0.15) is 16.0 Å². The lowest BCUT2D eigenvalue weighted by Crippen LogP contribution is -2.08. The number of rotatable bonds is 4. The molecule has 28 heavy (non-hydrogen) atoms. The Morgan fingerprint density at radius 1 is 0.857 bits per heavy atom. The lowest BCUT2D eigenvalue weighted by molar-refractivity contribution is 0.597.